The summed E-state index contributed by atoms with van der Waals surface area (Å²) < 4.78 is 13.1. The Bertz CT molecular complexity index is 1240. The molecule has 0 radical (unpaired) electrons. The zero-order valence-electron chi connectivity index (χ0n) is 20.6. The number of aryl methyl sites for hydroxylation is 1. The number of hydrogen-bond acceptors (Lipinski definition) is 8. The van der Waals surface area contributed by atoms with Crippen LogP contribution in [0.5, 0.6) is 5.75 Å². The number of carbonyl (C=O) groups is 1. The molecule has 1 saturated carbocycles. The van der Waals surface area contributed by atoms with Crippen LogP contribution in [-0.2, 0) is 4.74 Å². The van der Waals surface area contributed by atoms with E-state index in [1.807, 2.05) is 23.8 Å². The monoisotopic (exact) mass is 518 g/mol. The molecular formula is C25H31ClN4O6. The van der Waals surface area contributed by atoms with Gasteiger partial charge in [-0.05, 0) is 52.0 Å². The van der Waals surface area contributed by atoms with E-state index < -0.39 is 42.2 Å². The van der Waals surface area contributed by atoms with Crippen LogP contribution in [0.1, 0.15) is 50.6 Å². The van der Waals surface area contributed by atoms with Crippen LogP contribution in [0.25, 0.3) is 11.0 Å². The van der Waals surface area contributed by atoms with Crippen LogP contribution < -0.4 is 10.1 Å². The Morgan fingerprint density at radius 2 is 2.00 bits per heavy atom. The zero-order valence-corrected chi connectivity index (χ0v) is 21.3. The van der Waals surface area contributed by atoms with Crippen LogP contribution in [0.2, 0.25) is 5.02 Å². The van der Waals surface area contributed by atoms with Gasteiger partial charge in [0.2, 0.25) is 0 Å². The maximum Gasteiger partial charge on any atom is 0.407 e. The molecule has 194 valence electrons. The van der Waals surface area contributed by atoms with Crippen molar-refractivity contribution in [3.05, 3.63) is 53.1 Å². The average Bonchev–Trinajstić information content (AvgIpc) is 3.35. The lowest BCUT2D eigenvalue weighted by Gasteiger charge is -2.23. The summed E-state index contributed by atoms with van der Waals surface area (Å²) in [4.78, 5) is 20.5. The largest absolute Gasteiger partial charge is 0.487 e. The molecule has 3 aromatic rings. The Labute approximate surface area is 213 Å². The minimum Gasteiger partial charge on any atom is -0.487 e. The van der Waals surface area contributed by atoms with Crippen LogP contribution in [0.15, 0.2) is 36.8 Å². The van der Waals surface area contributed by atoms with E-state index in [2.05, 4.69) is 15.3 Å². The predicted molar refractivity (Wildman–Crippen MR) is 133 cm³/mol. The number of aromatic nitrogens is 3. The molecule has 2 heterocycles. The topological polar surface area (TPSA) is 139 Å². The van der Waals surface area contributed by atoms with E-state index in [-0.39, 0.29) is 12.3 Å². The first-order chi connectivity index (χ1) is 16.9. The summed E-state index contributed by atoms with van der Waals surface area (Å²) >= 11 is 6.15. The van der Waals surface area contributed by atoms with E-state index in [1.165, 1.54) is 12.4 Å². The summed E-state index contributed by atoms with van der Waals surface area (Å²) in [6.45, 7) is 6.96. The third kappa shape index (κ3) is 5.57. The summed E-state index contributed by atoms with van der Waals surface area (Å²) in [6.07, 6.45) is -1.30. The van der Waals surface area contributed by atoms with Crippen LogP contribution in [0.3, 0.4) is 0 Å². The minimum atomic E-state index is -1.18. The number of ether oxygens (including phenoxy) is 2. The Morgan fingerprint density at radius 1 is 1.25 bits per heavy atom. The van der Waals surface area contributed by atoms with Gasteiger partial charge in [-0.15, -0.1) is 0 Å². The molecular weight excluding hydrogens is 488 g/mol. The number of nitrogens with one attached hydrogen (secondary N) is 1. The van der Waals surface area contributed by atoms with E-state index in [0.29, 0.717) is 22.7 Å². The Kier molecular flexibility index (Phi) is 7.42. The first kappa shape index (κ1) is 26.2. The smallest absolute Gasteiger partial charge is 0.407 e. The highest BCUT2D eigenvalue weighted by molar-refractivity contribution is 6.30. The highest BCUT2D eigenvalue weighted by Crippen LogP contribution is 2.38. The Balaban J connectivity index is 1.51. The fourth-order valence-corrected chi connectivity index (χ4v) is 4.56. The van der Waals surface area contributed by atoms with Crippen LogP contribution in [-0.4, -0.2) is 66.4 Å². The quantitative estimate of drug-likeness (QED) is 0.390. The van der Waals surface area contributed by atoms with Gasteiger partial charge in [-0.2, -0.15) is 0 Å². The third-order valence-electron chi connectivity index (χ3n) is 6.11. The van der Waals surface area contributed by atoms with E-state index in [9.17, 15) is 20.1 Å². The molecule has 5 atom stereocenters. The van der Waals surface area contributed by atoms with Gasteiger partial charge in [0.25, 0.3) is 0 Å². The Morgan fingerprint density at radius 3 is 2.72 bits per heavy atom. The van der Waals surface area contributed by atoms with Crippen molar-refractivity contribution in [3.8, 4) is 5.75 Å². The van der Waals surface area contributed by atoms with Gasteiger partial charge in [0, 0.05) is 28.6 Å². The average molecular weight is 519 g/mol. The lowest BCUT2D eigenvalue weighted by Crippen LogP contribution is -2.35. The second-order valence-corrected chi connectivity index (χ2v) is 10.4. The second kappa shape index (κ2) is 10.2. The lowest BCUT2D eigenvalue weighted by atomic mass is 10.1. The fourth-order valence-electron chi connectivity index (χ4n) is 4.38. The van der Waals surface area contributed by atoms with Crippen molar-refractivity contribution in [2.75, 3.05) is 6.54 Å². The van der Waals surface area contributed by atoms with E-state index in [1.54, 1.807) is 32.9 Å². The van der Waals surface area contributed by atoms with Gasteiger partial charge in [0.05, 0.1) is 18.3 Å². The van der Waals surface area contributed by atoms with Crippen molar-refractivity contribution in [2.45, 2.75) is 70.2 Å². The minimum absolute atomic E-state index is 0.140. The molecule has 0 aliphatic heterocycles. The predicted octanol–water partition coefficient (Wildman–Crippen LogP) is 3.07. The normalized spacial score (nSPS) is 23.0. The number of amides is 1. The number of rotatable bonds is 6. The molecule has 11 heteroatoms. The summed E-state index contributed by atoms with van der Waals surface area (Å²) in [5.74, 6) is 0.283. The first-order valence-corrected chi connectivity index (χ1v) is 12.1. The molecule has 1 aromatic carbocycles. The molecule has 10 nitrogen and oxygen atoms in total. The number of benzene rings is 1. The summed E-state index contributed by atoms with van der Waals surface area (Å²) in [5, 5.41) is 36.2. The van der Waals surface area contributed by atoms with Crippen LogP contribution in [0.4, 0.5) is 4.79 Å². The van der Waals surface area contributed by atoms with E-state index in [0.717, 1.165) is 11.1 Å². The number of aliphatic hydroxyl groups excluding tert-OH is 3. The number of carbonyl (C=O) groups excluding carboxylic acids is 1. The third-order valence-corrected chi connectivity index (χ3v) is 6.35. The van der Waals surface area contributed by atoms with Crippen molar-refractivity contribution < 1.29 is 29.6 Å². The maximum atomic E-state index is 12.0. The van der Waals surface area contributed by atoms with E-state index in [4.69, 9.17) is 21.1 Å². The second-order valence-electron chi connectivity index (χ2n) is 9.94. The van der Waals surface area contributed by atoms with Crippen LogP contribution >= 0.6 is 11.6 Å². The molecule has 1 amide bonds. The van der Waals surface area contributed by atoms with E-state index >= 15 is 0 Å². The maximum absolute atomic E-state index is 12.0. The lowest BCUT2D eigenvalue weighted by molar-refractivity contribution is -0.0171. The number of hydrogen-bond donors (Lipinski definition) is 4. The first-order valence-electron chi connectivity index (χ1n) is 11.7. The highest BCUT2D eigenvalue weighted by atomic mass is 35.5. The standard InChI is InChI=1S/C25H31ClN4O6/c1-13-15-7-8-30(23(15)29-12-28-13)17-10-20(22(33)21(17)32)35-19-6-5-14(26)9-16(19)18(31)11-27-24(34)36-25(2,3)4/h5-9,12,17-18,20-22,31-33H,10-11H2,1-4H3,(H,27,34)/t17-,18?,20+,21+,22-/m1/s1. The summed E-state index contributed by atoms with van der Waals surface area (Å²) in [5.41, 5.74) is 1.14. The molecule has 4 N–H and O–H groups in total. The van der Waals surface area contributed by atoms with Gasteiger partial charge in [-0.25, -0.2) is 14.8 Å². The molecule has 0 bridgehead atoms. The number of aliphatic hydroxyl groups is 3. The molecule has 2 aromatic heterocycles. The van der Waals surface area contributed by atoms with Crippen molar-refractivity contribution in [3.63, 3.8) is 0 Å². The van der Waals surface area contributed by atoms with Crippen molar-refractivity contribution >= 4 is 28.7 Å². The number of fused-ring (bicyclic) bond motifs is 1. The highest BCUT2D eigenvalue weighted by Gasteiger charge is 2.44. The van der Waals surface area contributed by atoms with Gasteiger partial charge in [0.15, 0.2) is 0 Å². The van der Waals surface area contributed by atoms with Crippen LogP contribution in [0, 0.1) is 6.92 Å². The molecule has 1 unspecified atom stereocenters. The fraction of sp³-hybridized carbons (Fsp3) is 0.480. The zero-order chi connectivity index (χ0) is 26.2. The molecule has 4 rings (SSSR count). The van der Waals surface area contributed by atoms with Crippen molar-refractivity contribution in [1.82, 2.24) is 19.9 Å². The van der Waals surface area contributed by atoms with Crippen molar-refractivity contribution in [2.24, 2.45) is 0 Å². The van der Waals surface area contributed by atoms with Gasteiger partial charge in [0.1, 0.15) is 47.7 Å². The number of halogens is 1. The van der Waals surface area contributed by atoms with Gasteiger partial charge < -0.3 is 34.7 Å². The number of nitrogens with zero attached hydrogens (tertiary/aromatic N) is 3. The summed E-state index contributed by atoms with van der Waals surface area (Å²) in [6, 6.07) is 6.12. The van der Waals surface area contributed by atoms with Crippen molar-refractivity contribution in [1.29, 1.82) is 0 Å². The van der Waals surface area contributed by atoms with Gasteiger partial charge >= 0.3 is 6.09 Å². The molecule has 1 fully saturated rings. The molecule has 36 heavy (non-hydrogen) atoms. The molecule has 0 spiro atoms. The number of alkyl carbamates (subject to hydrolysis) is 1. The van der Waals surface area contributed by atoms with Gasteiger partial charge in [-0.3, -0.25) is 0 Å². The SMILES string of the molecule is Cc1ncnc2c1ccn2[C@@H]1C[C@H](Oc2ccc(Cl)cc2C(O)CNC(=O)OC(C)(C)C)[C@@H](O)[C@H]1O. The molecule has 0 saturated heterocycles. The molecule has 1 aliphatic rings. The summed E-state index contributed by atoms with van der Waals surface area (Å²) in [7, 11) is 0. The molecule has 1 aliphatic carbocycles. The van der Waals surface area contributed by atoms with Gasteiger partial charge in [-0.1, -0.05) is 11.6 Å². The Hall–Kier alpha value is -2.92.